The lowest BCUT2D eigenvalue weighted by Crippen LogP contribution is -2.38. The maximum absolute atomic E-state index is 12.7. The number of nitrogens with one attached hydrogen (secondary N) is 2. The quantitative estimate of drug-likeness (QED) is 0.643. The van der Waals surface area contributed by atoms with Gasteiger partial charge < -0.3 is 16.0 Å². The van der Waals surface area contributed by atoms with Gasteiger partial charge in [-0.1, -0.05) is 35.0 Å². The predicted octanol–water partition coefficient (Wildman–Crippen LogP) is 2.81. The van der Waals surface area contributed by atoms with Crippen molar-refractivity contribution in [3.05, 3.63) is 56.8 Å². The van der Waals surface area contributed by atoms with E-state index in [0.717, 1.165) is 4.47 Å². The van der Waals surface area contributed by atoms with Crippen LogP contribution in [0.25, 0.3) is 0 Å². The fourth-order valence-electron chi connectivity index (χ4n) is 2.91. The van der Waals surface area contributed by atoms with Crippen molar-refractivity contribution >= 4 is 33.5 Å². The summed E-state index contributed by atoms with van der Waals surface area (Å²) in [5.41, 5.74) is 8.11. The number of Topliss-reactive ketones (excluding diaryl/α,β-unsaturated/α-hetero) is 1. The zero-order valence-corrected chi connectivity index (χ0v) is 15.9. The minimum absolute atomic E-state index is 0.108. The highest BCUT2D eigenvalue weighted by molar-refractivity contribution is 9.10. The minimum atomic E-state index is -0.973. The summed E-state index contributed by atoms with van der Waals surface area (Å²) < 4.78 is 0.773. The highest BCUT2D eigenvalue weighted by atomic mass is 79.9. The van der Waals surface area contributed by atoms with Crippen LogP contribution in [0.2, 0.25) is 0 Å². The molecule has 2 rings (SSSR count). The number of aromatic amines is 1. The van der Waals surface area contributed by atoms with E-state index in [2.05, 4.69) is 26.2 Å². The number of carbonyl (C=O) groups is 3. The number of aryl methyl sites for hydroxylation is 1. The molecular weight excluding hydrogens is 386 g/mol. The molecule has 1 aromatic carbocycles. The maximum Gasteiger partial charge on any atom is 0.268 e. The number of hydrogen-bond acceptors (Lipinski definition) is 3. The van der Waals surface area contributed by atoms with Crippen molar-refractivity contribution in [2.75, 3.05) is 0 Å². The standard InChI is InChI=1S/C18H20BrN3O3/c1-4-13-14(10(3)23)9(2)21-16(13)18(25)22-15(17(20)24)11-6-5-7-12(19)8-11/h5-8,15,21H,4H2,1-3H3,(H2,20,24)(H,22,25). The number of halogens is 1. The number of amides is 2. The molecule has 0 saturated carbocycles. The Balaban J connectivity index is 2.39. The number of rotatable bonds is 6. The summed E-state index contributed by atoms with van der Waals surface area (Å²) in [6.07, 6.45) is 0.514. The number of carbonyl (C=O) groups excluding carboxylic acids is 3. The molecule has 2 aromatic rings. The van der Waals surface area contributed by atoms with Crippen LogP contribution in [0.5, 0.6) is 0 Å². The van der Waals surface area contributed by atoms with Crippen LogP contribution in [0.3, 0.4) is 0 Å². The molecule has 1 unspecified atom stereocenters. The average molecular weight is 406 g/mol. The fraction of sp³-hybridized carbons (Fsp3) is 0.278. The Labute approximate surface area is 154 Å². The van der Waals surface area contributed by atoms with Crippen LogP contribution < -0.4 is 11.1 Å². The average Bonchev–Trinajstić information content (AvgIpc) is 2.88. The Morgan fingerprint density at radius 3 is 2.52 bits per heavy atom. The van der Waals surface area contributed by atoms with E-state index in [1.807, 2.05) is 13.0 Å². The van der Waals surface area contributed by atoms with E-state index in [0.29, 0.717) is 28.8 Å². The number of H-pyrrole nitrogens is 1. The summed E-state index contributed by atoms with van der Waals surface area (Å²) in [6.45, 7) is 5.07. The largest absolute Gasteiger partial charge is 0.368 e. The maximum atomic E-state index is 12.7. The third-order valence-corrected chi connectivity index (χ3v) is 4.46. The highest BCUT2D eigenvalue weighted by Gasteiger charge is 2.26. The molecule has 0 aliphatic heterocycles. The van der Waals surface area contributed by atoms with Crippen molar-refractivity contribution < 1.29 is 14.4 Å². The third-order valence-electron chi connectivity index (χ3n) is 3.97. The number of ketones is 1. The molecule has 1 heterocycles. The second-order valence-electron chi connectivity index (χ2n) is 5.75. The fourth-order valence-corrected chi connectivity index (χ4v) is 3.33. The summed E-state index contributed by atoms with van der Waals surface area (Å²) in [5.74, 6) is -1.25. The second kappa shape index (κ2) is 7.65. The monoisotopic (exact) mass is 405 g/mol. The van der Waals surface area contributed by atoms with Crippen LogP contribution in [0, 0.1) is 6.92 Å². The van der Waals surface area contributed by atoms with Gasteiger partial charge in [0.1, 0.15) is 11.7 Å². The van der Waals surface area contributed by atoms with E-state index in [-0.39, 0.29) is 11.5 Å². The van der Waals surface area contributed by atoms with Crippen LogP contribution in [-0.2, 0) is 11.2 Å². The normalized spacial score (nSPS) is 11.8. The zero-order valence-electron chi connectivity index (χ0n) is 14.3. The van der Waals surface area contributed by atoms with Crippen LogP contribution in [0.15, 0.2) is 28.7 Å². The molecule has 7 heteroatoms. The first-order valence-electron chi connectivity index (χ1n) is 7.84. The molecule has 0 fully saturated rings. The summed E-state index contributed by atoms with van der Waals surface area (Å²) >= 11 is 3.33. The van der Waals surface area contributed by atoms with Crippen LogP contribution >= 0.6 is 15.9 Å². The topological polar surface area (TPSA) is 105 Å². The summed E-state index contributed by atoms with van der Waals surface area (Å²) in [7, 11) is 0. The lowest BCUT2D eigenvalue weighted by Gasteiger charge is -2.16. The minimum Gasteiger partial charge on any atom is -0.368 e. The third kappa shape index (κ3) is 3.99. The molecule has 6 nitrogen and oxygen atoms in total. The first-order chi connectivity index (χ1) is 11.8. The van der Waals surface area contributed by atoms with Gasteiger partial charge in [0.15, 0.2) is 5.78 Å². The van der Waals surface area contributed by atoms with Gasteiger partial charge in [0.2, 0.25) is 5.91 Å². The van der Waals surface area contributed by atoms with Gasteiger partial charge in [-0.15, -0.1) is 0 Å². The van der Waals surface area contributed by atoms with Crippen molar-refractivity contribution in [1.82, 2.24) is 10.3 Å². The number of nitrogens with two attached hydrogens (primary N) is 1. The number of primary amides is 1. The van der Waals surface area contributed by atoms with Crippen molar-refractivity contribution in [3.63, 3.8) is 0 Å². The molecule has 0 aliphatic rings. The molecule has 0 bridgehead atoms. The van der Waals surface area contributed by atoms with Gasteiger partial charge in [-0.3, -0.25) is 14.4 Å². The van der Waals surface area contributed by atoms with Crippen LogP contribution in [-0.4, -0.2) is 22.6 Å². The highest BCUT2D eigenvalue weighted by Crippen LogP contribution is 2.22. The summed E-state index contributed by atoms with van der Waals surface area (Å²) in [4.78, 5) is 39.4. The Morgan fingerprint density at radius 2 is 2.00 bits per heavy atom. The number of aromatic nitrogens is 1. The molecule has 0 saturated heterocycles. The van der Waals surface area contributed by atoms with E-state index in [4.69, 9.17) is 5.73 Å². The smallest absolute Gasteiger partial charge is 0.268 e. The van der Waals surface area contributed by atoms with Gasteiger partial charge in [-0.25, -0.2) is 0 Å². The molecule has 4 N–H and O–H groups in total. The Bertz CT molecular complexity index is 842. The van der Waals surface area contributed by atoms with Crippen molar-refractivity contribution in [1.29, 1.82) is 0 Å². The van der Waals surface area contributed by atoms with Gasteiger partial charge in [-0.2, -0.15) is 0 Å². The van der Waals surface area contributed by atoms with E-state index in [1.165, 1.54) is 6.92 Å². The summed E-state index contributed by atoms with van der Waals surface area (Å²) in [6, 6.07) is 6.02. The molecule has 0 radical (unpaired) electrons. The first-order valence-corrected chi connectivity index (χ1v) is 8.63. The van der Waals surface area contributed by atoms with Gasteiger partial charge in [0.05, 0.1) is 0 Å². The molecule has 0 spiro atoms. The van der Waals surface area contributed by atoms with E-state index in [9.17, 15) is 14.4 Å². The SMILES string of the molecule is CCc1c(C(=O)NC(C(N)=O)c2cccc(Br)c2)[nH]c(C)c1C(C)=O. The Morgan fingerprint density at radius 1 is 1.32 bits per heavy atom. The van der Waals surface area contributed by atoms with Crippen LogP contribution in [0.4, 0.5) is 0 Å². The molecule has 132 valence electrons. The molecular formula is C18H20BrN3O3. The molecule has 0 aliphatic carbocycles. The van der Waals surface area contributed by atoms with Gasteiger partial charge >= 0.3 is 0 Å². The van der Waals surface area contributed by atoms with E-state index in [1.54, 1.807) is 25.1 Å². The lowest BCUT2D eigenvalue weighted by molar-refractivity contribution is -0.120. The number of hydrogen-bond donors (Lipinski definition) is 3. The first kappa shape index (κ1) is 18.9. The van der Waals surface area contributed by atoms with Gasteiger partial charge in [-0.05, 0) is 43.5 Å². The zero-order chi connectivity index (χ0) is 18.7. The molecule has 2 amide bonds. The van der Waals surface area contributed by atoms with E-state index >= 15 is 0 Å². The molecule has 1 atom stereocenters. The molecule has 1 aromatic heterocycles. The predicted molar refractivity (Wildman–Crippen MR) is 98.5 cm³/mol. The van der Waals surface area contributed by atoms with Crippen molar-refractivity contribution in [2.45, 2.75) is 33.2 Å². The number of benzene rings is 1. The van der Waals surface area contributed by atoms with Gasteiger partial charge in [0.25, 0.3) is 5.91 Å². The van der Waals surface area contributed by atoms with Crippen molar-refractivity contribution in [2.24, 2.45) is 5.73 Å². The Kier molecular flexibility index (Phi) is 5.79. The van der Waals surface area contributed by atoms with Gasteiger partial charge in [0, 0.05) is 15.7 Å². The second-order valence-corrected chi connectivity index (χ2v) is 6.67. The van der Waals surface area contributed by atoms with Crippen molar-refractivity contribution in [3.8, 4) is 0 Å². The van der Waals surface area contributed by atoms with Crippen LogP contribution in [0.1, 0.15) is 57.6 Å². The Hall–Kier alpha value is -2.41. The van der Waals surface area contributed by atoms with E-state index < -0.39 is 17.9 Å². The summed E-state index contributed by atoms with van der Waals surface area (Å²) in [5, 5.41) is 2.65. The lowest BCUT2D eigenvalue weighted by atomic mass is 10.0. The molecule has 25 heavy (non-hydrogen) atoms.